The number of benzene rings is 2. The molecule has 26 heavy (non-hydrogen) atoms. The number of amides is 1. The van der Waals surface area contributed by atoms with Gasteiger partial charge >= 0.3 is 0 Å². The second-order valence-electron chi connectivity index (χ2n) is 6.12. The van der Waals surface area contributed by atoms with Crippen LogP contribution in [0.1, 0.15) is 21.6 Å². The van der Waals surface area contributed by atoms with E-state index in [1.54, 1.807) is 29.2 Å². The van der Waals surface area contributed by atoms with Crippen LogP contribution in [-0.2, 0) is 13.0 Å². The highest BCUT2D eigenvalue weighted by molar-refractivity contribution is 5.92. The van der Waals surface area contributed by atoms with Crippen molar-refractivity contribution in [3.05, 3.63) is 83.4 Å². The Kier molecular flexibility index (Phi) is 4.31. The molecule has 4 rings (SSSR count). The molecule has 0 saturated heterocycles. The van der Waals surface area contributed by atoms with Crippen molar-refractivity contribution < 1.29 is 9.18 Å². The Morgan fingerprint density at radius 2 is 1.81 bits per heavy atom. The highest BCUT2D eigenvalue weighted by Crippen LogP contribution is 2.21. The van der Waals surface area contributed by atoms with Gasteiger partial charge in [0.2, 0.25) is 5.95 Å². The van der Waals surface area contributed by atoms with Crippen molar-refractivity contribution in [2.24, 2.45) is 0 Å². The van der Waals surface area contributed by atoms with E-state index in [1.165, 1.54) is 17.8 Å². The van der Waals surface area contributed by atoms with Crippen LogP contribution < -0.4 is 5.32 Å². The van der Waals surface area contributed by atoms with E-state index in [-0.39, 0.29) is 17.5 Å². The first-order valence-electron chi connectivity index (χ1n) is 8.41. The Labute approximate surface area is 150 Å². The lowest BCUT2D eigenvalue weighted by Gasteiger charge is -2.28. The molecule has 0 aliphatic carbocycles. The second-order valence-corrected chi connectivity index (χ2v) is 6.12. The first kappa shape index (κ1) is 16.2. The molecular formula is C20H17FN4O. The number of para-hydroxylation sites is 1. The molecule has 1 aromatic heterocycles. The zero-order valence-corrected chi connectivity index (χ0v) is 14.0. The van der Waals surface area contributed by atoms with Crippen LogP contribution in [-0.4, -0.2) is 27.3 Å². The molecule has 1 N–H and O–H groups in total. The Morgan fingerprint density at radius 3 is 2.65 bits per heavy atom. The minimum atomic E-state index is -0.402. The van der Waals surface area contributed by atoms with Gasteiger partial charge in [-0.2, -0.15) is 0 Å². The number of hydrogen-bond donors (Lipinski definition) is 1. The van der Waals surface area contributed by atoms with Crippen LogP contribution in [0.2, 0.25) is 0 Å². The number of carbonyl (C=O) groups is 1. The summed E-state index contributed by atoms with van der Waals surface area (Å²) in [5.74, 6) is -0.364. The van der Waals surface area contributed by atoms with E-state index in [2.05, 4.69) is 21.4 Å². The number of rotatable bonds is 3. The van der Waals surface area contributed by atoms with E-state index in [9.17, 15) is 9.18 Å². The number of carbonyl (C=O) groups excluding carboxylic acids is 1. The highest BCUT2D eigenvalue weighted by Gasteiger charge is 2.22. The van der Waals surface area contributed by atoms with Crippen LogP contribution in [0.25, 0.3) is 0 Å². The molecular weight excluding hydrogens is 331 g/mol. The molecule has 1 aliphatic heterocycles. The molecule has 3 aromatic rings. The van der Waals surface area contributed by atoms with Gasteiger partial charge in [-0.25, -0.2) is 14.4 Å². The molecule has 5 nitrogen and oxygen atoms in total. The summed E-state index contributed by atoms with van der Waals surface area (Å²) in [6.07, 6.45) is 2.33. The van der Waals surface area contributed by atoms with Crippen molar-refractivity contribution in [3.8, 4) is 0 Å². The Bertz CT molecular complexity index is 960. The van der Waals surface area contributed by atoms with E-state index in [1.807, 2.05) is 18.2 Å². The first-order chi connectivity index (χ1) is 12.7. The molecule has 0 radical (unpaired) electrons. The lowest BCUT2D eigenvalue weighted by molar-refractivity contribution is 0.0728. The van der Waals surface area contributed by atoms with E-state index < -0.39 is 5.82 Å². The van der Waals surface area contributed by atoms with Gasteiger partial charge in [-0.1, -0.05) is 36.4 Å². The third-order valence-corrected chi connectivity index (χ3v) is 4.41. The van der Waals surface area contributed by atoms with Gasteiger partial charge in [0.15, 0.2) is 0 Å². The van der Waals surface area contributed by atoms with Gasteiger partial charge in [-0.3, -0.25) is 4.79 Å². The van der Waals surface area contributed by atoms with Crippen LogP contribution in [0.15, 0.2) is 60.8 Å². The molecule has 0 atom stereocenters. The fraction of sp³-hybridized carbons (Fsp3) is 0.150. The molecule has 0 spiro atoms. The van der Waals surface area contributed by atoms with Crippen molar-refractivity contribution in [2.45, 2.75) is 13.0 Å². The normalized spacial score (nSPS) is 13.2. The minimum absolute atomic E-state index is 0.154. The predicted molar refractivity (Wildman–Crippen MR) is 96.6 cm³/mol. The third kappa shape index (κ3) is 3.26. The largest absolute Gasteiger partial charge is 0.333 e. The smallest absolute Gasteiger partial charge is 0.272 e. The quantitative estimate of drug-likeness (QED) is 0.786. The average Bonchev–Trinajstić information content (AvgIpc) is 2.69. The Hall–Kier alpha value is -3.28. The fourth-order valence-electron chi connectivity index (χ4n) is 3.05. The number of halogens is 1. The lowest BCUT2D eigenvalue weighted by Crippen LogP contribution is -2.36. The average molecular weight is 348 g/mol. The summed E-state index contributed by atoms with van der Waals surface area (Å²) in [6.45, 7) is 1.21. The number of nitrogens with one attached hydrogen (secondary N) is 1. The summed E-state index contributed by atoms with van der Waals surface area (Å²) < 4.78 is 13.8. The lowest BCUT2D eigenvalue weighted by atomic mass is 10.00. The van der Waals surface area contributed by atoms with Crippen LogP contribution in [0, 0.1) is 5.82 Å². The fourth-order valence-corrected chi connectivity index (χ4v) is 3.05. The molecule has 0 unspecified atom stereocenters. The molecule has 0 saturated carbocycles. The zero-order chi connectivity index (χ0) is 17.9. The summed E-state index contributed by atoms with van der Waals surface area (Å²) in [4.78, 5) is 22.9. The van der Waals surface area contributed by atoms with Crippen molar-refractivity contribution in [3.63, 3.8) is 0 Å². The predicted octanol–water partition coefficient (Wildman–Crippen LogP) is 3.56. The summed E-state index contributed by atoms with van der Waals surface area (Å²) >= 11 is 0. The first-order valence-corrected chi connectivity index (χ1v) is 8.41. The standard InChI is InChI=1S/C20H17FN4O/c21-16-7-3-4-8-17(16)23-20-22-11-9-18(24-20)19(26)25-12-10-14-5-1-2-6-15(14)13-25/h1-9,11H,10,12-13H2,(H,22,23,24). The van der Waals surface area contributed by atoms with Crippen LogP contribution in [0.5, 0.6) is 0 Å². The molecule has 0 fully saturated rings. The van der Waals surface area contributed by atoms with Gasteiger partial charge in [0.1, 0.15) is 11.5 Å². The van der Waals surface area contributed by atoms with Gasteiger partial charge in [-0.05, 0) is 35.7 Å². The van der Waals surface area contributed by atoms with Crippen molar-refractivity contribution in [1.29, 1.82) is 0 Å². The monoisotopic (exact) mass is 348 g/mol. The van der Waals surface area contributed by atoms with E-state index in [0.717, 1.165) is 12.0 Å². The summed E-state index contributed by atoms with van der Waals surface area (Å²) in [6, 6.07) is 16.0. The summed E-state index contributed by atoms with van der Waals surface area (Å²) in [5.41, 5.74) is 2.99. The molecule has 2 heterocycles. The molecule has 0 bridgehead atoms. The maximum Gasteiger partial charge on any atom is 0.272 e. The number of fused-ring (bicyclic) bond motifs is 1. The Morgan fingerprint density at radius 1 is 1.04 bits per heavy atom. The topological polar surface area (TPSA) is 58.1 Å². The van der Waals surface area contributed by atoms with Gasteiger partial charge in [0, 0.05) is 19.3 Å². The number of nitrogens with zero attached hydrogens (tertiary/aromatic N) is 3. The SMILES string of the molecule is O=C(c1ccnc(Nc2ccccc2F)n1)N1CCc2ccccc2C1. The van der Waals surface area contributed by atoms with Crippen LogP contribution in [0.3, 0.4) is 0 Å². The molecule has 2 aromatic carbocycles. The number of hydrogen-bond acceptors (Lipinski definition) is 4. The second kappa shape index (κ2) is 6.92. The van der Waals surface area contributed by atoms with Crippen molar-refractivity contribution >= 4 is 17.5 Å². The van der Waals surface area contributed by atoms with E-state index >= 15 is 0 Å². The molecule has 130 valence electrons. The summed E-state index contributed by atoms with van der Waals surface area (Å²) in [7, 11) is 0. The molecule has 1 amide bonds. The van der Waals surface area contributed by atoms with E-state index in [4.69, 9.17) is 0 Å². The van der Waals surface area contributed by atoms with Crippen molar-refractivity contribution in [2.75, 3.05) is 11.9 Å². The number of anilines is 2. The maximum absolute atomic E-state index is 13.8. The van der Waals surface area contributed by atoms with Gasteiger partial charge < -0.3 is 10.2 Å². The van der Waals surface area contributed by atoms with Gasteiger partial charge in [0.05, 0.1) is 5.69 Å². The van der Waals surface area contributed by atoms with E-state index in [0.29, 0.717) is 18.8 Å². The zero-order valence-electron chi connectivity index (χ0n) is 14.0. The Balaban J connectivity index is 1.53. The maximum atomic E-state index is 13.8. The third-order valence-electron chi connectivity index (χ3n) is 4.41. The number of aromatic nitrogens is 2. The van der Waals surface area contributed by atoms with Crippen molar-refractivity contribution in [1.82, 2.24) is 14.9 Å². The molecule has 1 aliphatic rings. The molecule has 6 heteroatoms. The minimum Gasteiger partial charge on any atom is -0.333 e. The summed E-state index contributed by atoms with van der Waals surface area (Å²) in [5, 5.41) is 2.82. The van der Waals surface area contributed by atoms with Crippen LogP contribution in [0.4, 0.5) is 16.0 Å². The highest BCUT2D eigenvalue weighted by atomic mass is 19.1. The van der Waals surface area contributed by atoms with Crippen LogP contribution >= 0.6 is 0 Å². The van der Waals surface area contributed by atoms with Gasteiger partial charge in [0.25, 0.3) is 5.91 Å². The van der Waals surface area contributed by atoms with Gasteiger partial charge in [-0.15, -0.1) is 0 Å².